The van der Waals surface area contributed by atoms with E-state index in [9.17, 15) is 9.59 Å². The molecule has 2 aliphatic rings. The first-order valence-electron chi connectivity index (χ1n) is 11.0. The fraction of sp³-hybridized carbons (Fsp3) is 0.500. The molecule has 2 aliphatic heterocycles. The molecule has 1 N–H and O–H groups in total. The maximum atomic E-state index is 12.9. The predicted octanol–water partition coefficient (Wildman–Crippen LogP) is 2.38. The van der Waals surface area contributed by atoms with Gasteiger partial charge in [0.1, 0.15) is 11.9 Å². The Morgan fingerprint density at radius 1 is 1.27 bits per heavy atom. The Bertz CT molecular complexity index is 964. The third-order valence-corrected chi connectivity index (χ3v) is 6.20. The van der Waals surface area contributed by atoms with Crippen molar-refractivity contribution < 1.29 is 28.6 Å². The largest absolute Gasteiger partial charge is 0.483 e. The minimum atomic E-state index is -0.429. The maximum absolute atomic E-state index is 12.9. The second kappa shape index (κ2) is 10.6. The summed E-state index contributed by atoms with van der Waals surface area (Å²) in [6.07, 6.45) is 2.23. The van der Waals surface area contributed by atoms with E-state index >= 15 is 0 Å². The first-order valence-corrected chi connectivity index (χ1v) is 11.0. The van der Waals surface area contributed by atoms with Crippen LogP contribution in [0.2, 0.25) is 0 Å². The van der Waals surface area contributed by atoms with Crippen LogP contribution in [0.15, 0.2) is 34.7 Å². The quantitative estimate of drug-likeness (QED) is 0.538. The summed E-state index contributed by atoms with van der Waals surface area (Å²) in [5.41, 5.74) is 1.14. The number of carbonyl (C=O) groups is 3. The molecular weight excluding hydrogens is 426 g/mol. The average Bonchev–Trinajstić information content (AvgIpc) is 3.28. The van der Waals surface area contributed by atoms with Crippen molar-refractivity contribution in [1.82, 2.24) is 14.8 Å². The third kappa shape index (κ3) is 5.78. The van der Waals surface area contributed by atoms with E-state index in [1.807, 2.05) is 61.2 Å². The molecule has 9 nitrogen and oxygen atoms in total. The van der Waals surface area contributed by atoms with E-state index in [0.29, 0.717) is 43.3 Å². The molecule has 1 aromatic carbocycles. The summed E-state index contributed by atoms with van der Waals surface area (Å²) in [7, 11) is 3.96. The Labute approximate surface area is 193 Å². The number of piperidine rings is 1. The molecule has 178 valence electrons. The van der Waals surface area contributed by atoms with Gasteiger partial charge in [0.05, 0.1) is 17.5 Å². The molecule has 1 unspecified atom stereocenters. The van der Waals surface area contributed by atoms with Crippen molar-refractivity contribution in [1.29, 1.82) is 0 Å². The molecule has 33 heavy (non-hydrogen) atoms. The first-order chi connectivity index (χ1) is 15.8. The Morgan fingerprint density at radius 2 is 1.91 bits per heavy atom. The molecule has 9 heteroatoms. The highest BCUT2D eigenvalue weighted by atomic mass is 16.6. The Morgan fingerprint density at radius 3 is 2.52 bits per heavy atom. The molecule has 1 aromatic heterocycles. The lowest BCUT2D eigenvalue weighted by Crippen LogP contribution is -2.45. The number of cyclic esters (lactones) is 1. The molecule has 2 aromatic rings. The van der Waals surface area contributed by atoms with Crippen molar-refractivity contribution in [3.05, 3.63) is 41.8 Å². The molecule has 0 aliphatic carbocycles. The summed E-state index contributed by atoms with van der Waals surface area (Å²) >= 11 is 0. The van der Waals surface area contributed by atoms with Gasteiger partial charge in [-0.25, -0.2) is 4.98 Å². The van der Waals surface area contributed by atoms with Crippen LogP contribution in [0.4, 0.5) is 0 Å². The van der Waals surface area contributed by atoms with Gasteiger partial charge in [0.2, 0.25) is 11.8 Å². The number of likely N-dealkylation sites (tertiary alicyclic amines) is 1. The van der Waals surface area contributed by atoms with Crippen LogP contribution in [0.3, 0.4) is 0 Å². The van der Waals surface area contributed by atoms with Crippen LogP contribution in [0.25, 0.3) is 11.5 Å². The van der Waals surface area contributed by atoms with Gasteiger partial charge in [-0.05, 0) is 46.0 Å². The number of oxazole rings is 1. The highest BCUT2D eigenvalue weighted by molar-refractivity contribution is 5.81. The molecule has 4 rings (SSSR count). The van der Waals surface area contributed by atoms with E-state index in [2.05, 4.69) is 4.98 Å². The number of likely N-dealkylation sites (N-methyl/N-ethyl adjacent to an activating group) is 1. The number of aromatic nitrogens is 1. The van der Waals surface area contributed by atoms with E-state index in [1.165, 1.54) is 0 Å². The molecule has 0 radical (unpaired) electrons. The number of benzene rings is 1. The fourth-order valence-corrected chi connectivity index (χ4v) is 4.49. The van der Waals surface area contributed by atoms with Crippen LogP contribution < -0.4 is 0 Å². The molecule has 1 atom stereocenters. The summed E-state index contributed by atoms with van der Waals surface area (Å²) in [5.74, 6) is 1.13. The molecule has 2 saturated heterocycles. The van der Waals surface area contributed by atoms with Crippen LogP contribution in [-0.2, 0) is 25.5 Å². The molecular formula is C24H31N3O6. The second-order valence-corrected chi connectivity index (χ2v) is 8.82. The molecule has 0 saturated carbocycles. The van der Waals surface area contributed by atoms with Crippen LogP contribution >= 0.6 is 0 Å². The van der Waals surface area contributed by atoms with E-state index < -0.39 is 5.41 Å². The Hall–Kier alpha value is -3.20. The lowest BCUT2D eigenvalue weighted by Gasteiger charge is -2.36. The van der Waals surface area contributed by atoms with E-state index in [0.717, 1.165) is 18.5 Å². The van der Waals surface area contributed by atoms with Crippen LogP contribution in [0, 0.1) is 12.3 Å². The SMILES string of the molecule is Cc1oc(-c2ccccc2)nc1CC(=O)N1CCC2(CC1)CC(CN(C)C)OC2=O.O=CO. The molecule has 2 fully saturated rings. The number of carbonyl (C=O) groups excluding carboxylic acids is 2. The number of ether oxygens (including phenoxy) is 1. The summed E-state index contributed by atoms with van der Waals surface area (Å²) in [6.45, 7) is 3.48. The number of hydrogen-bond donors (Lipinski definition) is 1. The van der Waals surface area contributed by atoms with Crippen molar-refractivity contribution >= 4 is 18.3 Å². The third-order valence-electron chi connectivity index (χ3n) is 6.20. The Balaban J connectivity index is 0.000000968. The van der Waals surface area contributed by atoms with Crippen molar-refractivity contribution in [3.63, 3.8) is 0 Å². The van der Waals surface area contributed by atoms with Crippen LogP contribution in [0.5, 0.6) is 0 Å². The normalized spacial score (nSPS) is 19.2. The lowest BCUT2D eigenvalue weighted by atomic mass is 9.76. The summed E-state index contributed by atoms with van der Waals surface area (Å²) in [4.78, 5) is 42.2. The van der Waals surface area contributed by atoms with E-state index in [1.54, 1.807) is 0 Å². The molecule has 3 heterocycles. The summed E-state index contributed by atoms with van der Waals surface area (Å²) in [6, 6.07) is 9.67. The van der Waals surface area contributed by atoms with Crippen molar-refractivity contribution in [3.8, 4) is 11.5 Å². The van der Waals surface area contributed by atoms with Crippen molar-refractivity contribution in [2.45, 2.75) is 38.7 Å². The average molecular weight is 458 g/mol. The van der Waals surface area contributed by atoms with Gasteiger partial charge in [0, 0.05) is 31.6 Å². The standard InChI is InChI=1S/C23H29N3O4.CH2O2/c1-16-19(24-21(29-16)17-7-5-4-6-8-17)13-20(27)26-11-9-23(10-12-26)14-18(15-25(2)3)30-22(23)28;2-1-3/h4-8,18H,9-15H2,1-3H3;1H,(H,2,3). The zero-order valence-electron chi connectivity index (χ0n) is 19.3. The zero-order valence-corrected chi connectivity index (χ0v) is 19.3. The summed E-state index contributed by atoms with van der Waals surface area (Å²) in [5, 5.41) is 6.89. The number of carboxylic acid groups (broad SMARTS) is 1. The van der Waals surface area contributed by atoms with E-state index in [-0.39, 0.29) is 30.9 Å². The van der Waals surface area contributed by atoms with Gasteiger partial charge in [-0.2, -0.15) is 0 Å². The smallest absolute Gasteiger partial charge is 0.312 e. The number of aryl methyl sites for hydroxylation is 1. The highest BCUT2D eigenvalue weighted by Gasteiger charge is 2.50. The van der Waals surface area contributed by atoms with Crippen LogP contribution in [0.1, 0.15) is 30.7 Å². The number of rotatable bonds is 5. The predicted molar refractivity (Wildman–Crippen MR) is 120 cm³/mol. The van der Waals surface area contributed by atoms with Gasteiger partial charge in [-0.1, -0.05) is 18.2 Å². The minimum absolute atomic E-state index is 0.0251. The van der Waals surface area contributed by atoms with Gasteiger partial charge < -0.3 is 24.1 Å². The first kappa shape index (κ1) is 24.4. The number of nitrogens with zero attached hydrogens (tertiary/aromatic N) is 3. The van der Waals surface area contributed by atoms with Gasteiger partial charge in [-0.15, -0.1) is 0 Å². The van der Waals surface area contributed by atoms with Gasteiger partial charge in [-0.3, -0.25) is 14.4 Å². The van der Waals surface area contributed by atoms with E-state index in [4.69, 9.17) is 19.1 Å². The highest BCUT2D eigenvalue weighted by Crippen LogP contribution is 2.43. The lowest BCUT2D eigenvalue weighted by molar-refractivity contribution is -0.152. The maximum Gasteiger partial charge on any atom is 0.312 e. The Kier molecular flexibility index (Phi) is 7.86. The minimum Gasteiger partial charge on any atom is -0.483 e. The monoisotopic (exact) mass is 457 g/mol. The van der Waals surface area contributed by atoms with Crippen LogP contribution in [-0.4, -0.2) is 78.1 Å². The van der Waals surface area contributed by atoms with Crippen molar-refractivity contribution in [2.75, 3.05) is 33.7 Å². The fourth-order valence-electron chi connectivity index (χ4n) is 4.49. The van der Waals surface area contributed by atoms with Gasteiger partial charge in [0.15, 0.2) is 0 Å². The van der Waals surface area contributed by atoms with Crippen molar-refractivity contribution in [2.24, 2.45) is 5.41 Å². The second-order valence-electron chi connectivity index (χ2n) is 8.82. The number of hydrogen-bond acceptors (Lipinski definition) is 7. The zero-order chi connectivity index (χ0) is 24.0. The summed E-state index contributed by atoms with van der Waals surface area (Å²) < 4.78 is 11.4. The molecule has 0 bridgehead atoms. The topological polar surface area (TPSA) is 113 Å². The van der Waals surface area contributed by atoms with Gasteiger partial charge in [0.25, 0.3) is 6.47 Å². The number of esters is 1. The molecule has 1 spiro atoms. The van der Waals surface area contributed by atoms with Gasteiger partial charge >= 0.3 is 5.97 Å². The molecule has 1 amide bonds. The number of amides is 1.